The lowest BCUT2D eigenvalue weighted by molar-refractivity contribution is 0.386. The normalized spacial score (nSPS) is 20.4. The van der Waals surface area contributed by atoms with Gasteiger partial charge in [0, 0.05) is 18.5 Å². The van der Waals surface area contributed by atoms with Crippen molar-refractivity contribution >= 4 is 5.96 Å². The molecule has 138 valence electrons. The van der Waals surface area contributed by atoms with Gasteiger partial charge in [-0.15, -0.1) is 0 Å². The van der Waals surface area contributed by atoms with Crippen molar-refractivity contribution in [1.82, 2.24) is 10.6 Å². The third kappa shape index (κ3) is 4.34. The maximum atomic E-state index is 14.0. The molecule has 2 N–H and O–H groups in total. The SMILES string of the molecule is CCN=C(NC(C)c1ccc(OC)c(F)c1)NC1CC1c1ccccc1. The van der Waals surface area contributed by atoms with E-state index in [2.05, 4.69) is 39.9 Å². The molecule has 0 amide bonds. The lowest BCUT2D eigenvalue weighted by Gasteiger charge is -2.19. The summed E-state index contributed by atoms with van der Waals surface area (Å²) in [5.41, 5.74) is 2.20. The van der Waals surface area contributed by atoms with Gasteiger partial charge in [0.2, 0.25) is 0 Å². The first kappa shape index (κ1) is 18.2. The quantitative estimate of drug-likeness (QED) is 0.608. The smallest absolute Gasteiger partial charge is 0.191 e. The van der Waals surface area contributed by atoms with Crippen LogP contribution >= 0.6 is 0 Å². The first-order valence-electron chi connectivity index (χ1n) is 9.08. The summed E-state index contributed by atoms with van der Waals surface area (Å²) in [4.78, 5) is 4.53. The van der Waals surface area contributed by atoms with E-state index >= 15 is 0 Å². The summed E-state index contributed by atoms with van der Waals surface area (Å²) in [6.45, 7) is 4.68. The van der Waals surface area contributed by atoms with Crippen LogP contribution < -0.4 is 15.4 Å². The molecule has 5 heteroatoms. The molecule has 0 spiro atoms. The minimum absolute atomic E-state index is 0.0675. The zero-order chi connectivity index (χ0) is 18.5. The number of nitrogens with one attached hydrogen (secondary N) is 2. The fourth-order valence-electron chi connectivity index (χ4n) is 3.13. The van der Waals surface area contributed by atoms with Gasteiger partial charge in [-0.05, 0) is 43.5 Å². The average molecular weight is 355 g/mol. The summed E-state index contributed by atoms with van der Waals surface area (Å²) < 4.78 is 18.9. The first-order valence-corrected chi connectivity index (χ1v) is 9.08. The number of guanidine groups is 1. The number of hydrogen-bond acceptors (Lipinski definition) is 2. The van der Waals surface area contributed by atoms with Crippen LogP contribution in [0, 0.1) is 5.82 Å². The van der Waals surface area contributed by atoms with Gasteiger partial charge in [0.1, 0.15) is 0 Å². The molecule has 0 saturated heterocycles. The van der Waals surface area contributed by atoms with E-state index in [9.17, 15) is 4.39 Å². The highest BCUT2D eigenvalue weighted by Crippen LogP contribution is 2.40. The second-order valence-corrected chi connectivity index (χ2v) is 6.59. The molecule has 0 bridgehead atoms. The molecule has 1 fully saturated rings. The maximum absolute atomic E-state index is 14.0. The van der Waals surface area contributed by atoms with Gasteiger partial charge in [0.15, 0.2) is 17.5 Å². The van der Waals surface area contributed by atoms with Gasteiger partial charge in [-0.3, -0.25) is 4.99 Å². The summed E-state index contributed by atoms with van der Waals surface area (Å²) in [5, 5.41) is 6.87. The first-order chi connectivity index (χ1) is 12.6. The van der Waals surface area contributed by atoms with Crippen molar-refractivity contribution in [3.63, 3.8) is 0 Å². The van der Waals surface area contributed by atoms with Crippen LogP contribution in [-0.4, -0.2) is 25.7 Å². The van der Waals surface area contributed by atoms with E-state index in [1.807, 2.05) is 26.0 Å². The molecule has 0 heterocycles. The zero-order valence-electron chi connectivity index (χ0n) is 15.5. The van der Waals surface area contributed by atoms with E-state index in [1.165, 1.54) is 18.7 Å². The number of hydrogen-bond donors (Lipinski definition) is 2. The van der Waals surface area contributed by atoms with Crippen LogP contribution in [0.1, 0.15) is 43.4 Å². The fraction of sp³-hybridized carbons (Fsp3) is 0.381. The third-order valence-corrected chi connectivity index (χ3v) is 4.69. The molecule has 2 aromatic rings. The highest BCUT2D eigenvalue weighted by molar-refractivity contribution is 5.81. The van der Waals surface area contributed by atoms with E-state index in [1.54, 1.807) is 6.07 Å². The Balaban J connectivity index is 1.62. The molecule has 1 aliphatic carbocycles. The molecule has 0 aromatic heterocycles. The molecule has 0 aliphatic heterocycles. The molecule has 3 unspecified atom stereocenters. The summed E-state index contributed by atoms with van der Waals surface area (Å²) in [6, 6.07) is 15.9. The molecule has 2 aromatic carbocycles. The third-order valence-electron chi connectivity index (χ3n) is 4.69. The molecular formula is C21H26FN3O. The number of halogens is 1. The number of benzene rings is 2. The number of nitrogens with zero attached hydrogens (tertiary/aromatic N) is 1. The highest BCUT2D eigenvalue weighted by atomic mass is 19.1. The zero-order valence-corrected chi connectivity index (χ0v) is 15.5. The summed E-state index contributed by atoms with van der Waals surface area (Å²) in [7, 11) is 1.47. The van der Waals surface area contributed by atoms with Gasteiger partial charge < -0.3 is 15.4 Å². The molecule has 3 rings (SSSR count). The van der Waals surface area contributed by atoms with Crippen molar-refractivity contribution in [3.05, 3.63) is 65.5 Å². The molecule has 4 nitrogen and oxygen atoms in total. The van der Waals surface area contributed by atoms with E-state index in [-0.39, 0.29) is 17.6 Å². The van der Waals surface area contributed by atoms with Gasteiger partial charge in [0.05, 0.1) is 13.2 Å². The Morgan fingerprint density at radius 2 is 2.04 bits per heavy atom. The van der Waals surface area contributed by atoms with Crippen LogP contribution in [0.15, 0.2) is 53.5 Å². The van der Waals surface area contributed by atoms with E-state index in [0.29, 0.717) is 18.5 Å². The highest BCUT2D eigenvalue weighted by Gasteiger charge is 2.39. The van der Waals surface area contributed by atoms with Crippen LogP contribution in [0.3, 0.4) is 0 Å². The predicted octanol–water partition coefficient (Wildman–Crippen LogP) is 4.01. The monoisotopic (exact) mass is 355 g/mol. The van der Waals surface area contributed by atoms with Gasteiger partial charge in [-0.2, -0.15) is 0 Å². The topological polar surface area (TPSA) is 45.7 Å². The number of ether oxygens (including phenoxy) is 1. The summed E-state index contributed by atoms with van der Waals surface area (Å²) >= 11 is 0. The van der Waals surface area contributed by atoms with E-state index in [0.717, 1.165) is 17.9 Å². The van der Waals surface area contributed by atoms with Crippen molar-refractivity contribution in [2.24, 2.45) is 4.99 Å². The maximum Gasteiger partial charge on any atom is 0.191 e. The Hall–Kier alpha value is -2.56. The molecule has 0 radical (unpaired) electrons. The second kappa shape index (κ2) is 8.21. The van der Waals surface area contributed by atoms with Gasteiger partial charge in [-0.1, -0.05) is 36.4 Å². The van der Waals surface area contributed by atoms with Crippen molar-refractivity contribution in [2.45, 2.75) is 38.3 Å². The van der Waals surface area contributed by atoms with Crippen LogP contribution in [0.2, 0.25) is 0 Å². The molecule has 26 heavy (non-hydrogen) atoms. The Morgan fingerprint density at radius 3 is 2.69 bits per heavy atom. The minimum atomic E-state index is -0.355. The van der Waals surface area contributed by atoms with E-state index in [4.69, 9.17) is 4.74 Å². The number of methoxy groups -OCH3 is 1. The van der Waals surface area contributed by atoms with Crippen LogP contribution in [0.4, 0.5) is 4.39 Å². The van der Waals surface area contributed by atoms with Crippen LogP contribution in [0.25, 0.3) is 0 Å². The Morgan fingerprint density at radius 1 is 1.27 bits per heavy atom. The van der Waals surface area contributed by atoms with Crippen LogP contribution in [0.5, 0.6) is 5.75 Å². The Kier molecular flexibility index (Phi) is 5.76. The fourth-order valence-corrected chi connectivity index (χ4v) is 3.13. The molecule has 3 atom stereocenters. The number of aliphatic imine (C=N–C) groups is 1. The number of rotatable bonds is 6. The average Bonchev–Trinajstić information content (AvgIpc) is 3.41. The summed E-state index contributed by atoms with van der Waals surface area (Å²) in [6.07, 6.45) is 1.10. The molecule has 1 aliphatic rings. The predicted molar refractivity (Wildman–Crippen MR) is 103 cm³/mol. The lowest BCUT2D eigenvalue weighted by atomic mass is 10.1. The summed E-state index contributed by atoms with van der Waals surface area (Å²) in [5.74, 6) is 1.19. The Bertz CT molecular complexity index is 763. The molecule has 1 saturated carbocycles. The second-order valence-electron chi connectivity index (χ2n) is 6.59. The van der Waals surface area contributed by atoms with Crippen molar-refractivity contribution < 1.29 is 9.13 Å². The standard InChI is InChI=1S/C21H26FN3O/c1-4-23-21(25-19-13-17(19)15-8-6-5-7-9-15)24-14(2)16-10-11-20(26-3)18(22)12-16/h5-12,14,17,19H,4,13H2,1-3H3,(H2,23,24,25). The largest absolute Gasteiger partial charge is 0.494 e. The Labute approximate surface area is 154 Å². The van der Waals surface area contributed by atoms with Gasteiger partial charge in [-0.25, -0.2) is 4.39 Å². The van der Waals surface area contributed by atoms with Crippen molar-refractivity contribution in [3.8, 4) is 5.75 Å². The van der Waals surface area contributed by atoms with Crippen LogP contribution in [-0.2, 0) is 0 Å². The minimum Gasteiger partial charge on any atom is -0.494 e. The van der Waals surface area contributed by atoms with E-state index < -0.39 is 0 Å². The lowest BCUT2D eigenvalue weighted by Crippen LogP contribution is -2.40. The molecular weight excluding hydrogens is 329 g/mol. The van der Waals surface area contributed by atoms with Crippen molar-refractivity contribution in [2.75, 3.05) is 13.7 Å². The van der Waals surface area contributed by atoms with Gasteiger partial charge in [0.25, 0.3) is 0 Å². The van der Waals surface area contributed by atoms with Crippen molar-refractivity contribution in [1.29, 1.82) is 0 Å². The van der Waals surface area contributed by atoms with Gasteiger partial charge >= 0.3 is 0 Å².